The molecule has 9 heteroatoms. The number of hydrogen-bond acceptors (Lipinski definition) is 5. The van der Waals surface area contributed by atoms with E-state index in [0.29, 0.717) is 23.2 Å². The first-order valence-electron chi connectivity index (χ1n) is 10.7. The van der Waals surface area contributed by atoms with Gasteiger partial charge in [-0.05, 0) is 36.2 Å². The van der Waals surface area contributed by atoms with E-state index in [4.69, 9.17) is 16.1 Å². The van der Waals surface area contributed by atoms with Crippen molar-refractivity contribution in [1.29, 1.82) is 0 Å². The zero-order chi connectivity index (χ0) is 22.9. The molecule has 5 rings (SSSR count). The van der Waals surface area contributed by atoms with Crippen LogP contribution in [0.4, 0.5) is 0 Å². The third-order valence-corrected chi connectivity index (χ3v) is 6.04. The van der Waals surface area contributed by atoms with Crippen molar-refractivity contribution in [2.75, 3.05) is 0 Å². The SMILES string of the molecule is CCCc1nc(Cl)c(CO)n1Cc1cccc2c1ccn2-c1ccccc1-c1noc(=O)[nH]1. The van der Waals surface area contributed by atoms with E-state index in [1.54, 1.807) is 0 Å². The number of halogens is 1. The summed E-state index contributed by atoms with van der Waals surface area (Å²) in [5, 5.41) is 15.1. The average Bonchev–Trinajstić information content (AvgIpc) is 3.52. The summed E-state index contributed by atoms with van der Waals surface area (Å²) >= 11 is 6.30. The second-order valence-electron chi connectivity index (χ2n) is 7.76. The number of aryl methyl sites for hydroxylation is 1. The summed E-state index contributed by atoms with van der Waals surface area (Å²) in [6.07, 6.45) is 3.70. The molecule has 3 heterocycles. The summed E-state index contributed by atoms with van der Waals surface area (Å²) in [5.41, 5.74) is 4.32. The van der Waals surface area contributed by atoms with E-state index in [1.807, 2.05) is 47.2 Å². The Morgan fingerprint density at radius 3 is 2.76 bits per heavy atom. The number of H-pyrrole nitrogens is 1. The minimum absolute atomic E-state index is 0.171. The number of rotatable bonds is 7. The van der Waals surface area contributed by atoms with E-state index in [9.17, 15) is 9.90 Å². The van der Waals surface area contributed by atoms with Gasteiger partial charge >= 0.3 is 5.76 Å². The maximum Gasteiger partial charge on any atom is 0.439 e. The van der Waals surface area contributed by atoms with Gasteiger partial charge in [0.05, 0.1) is 23.5 Å². The highest BCUT2D eigenvalue weighted by Gasteiger charge is 2.18. The second-order valence-corrected chi connectivity index (χ2v) is 8.11. The molecule has 0 radical (unpaired) electrons. The van der Waals surface area contributed by atoms with Crippen molar-refractivity contribution < 1.29 is 9.63 Å². The molecular weight excluding hydrogens is 442 g/mol. The zero-order valence-electron chi connectivity index (χ0n) is 18.0. The quantitative estimate of drug-likeness (QED) is 0.374. The van der Waals surface area contributed by atoms with Crippen LogP contribution in [-0.2, 0) is 19.6 Å². The lowest BCUT2D eigenvalue weighted by Crippen LogP contribution is -2.09. The minimum atomic E-state index is -0.596. The first kappa shape index (κ1) is 21.2. The Hall–Kier alpha value is -3.62. The first-order valence-corrected chi connectivity index (χ1v) is 11.1. The van der Waals surface area contributed by atoms with Crippen molar-refractivity contribution in [2.24, 2.45) is 0 Å². The van der Waals surface area contributed by atoms with Gasteiger partial charge in [-0.15, -0.1) is 0 Å². The van der Waals surface area contributed by atoms with Crippen molar-refractivity contribution in [3.8, 4) is 17.1 Å². The number of fused-ring (bicyclic) bond motifs is 1. The maximum atomic E-state index is 11.5. The van der Waals surface area contributed by atoms with E-state index in [1.165, 1.54) is 0 Å². The lowest BCUT2D eigenvalue weighted by Gasteiger charge is -2.13. The van der Waals surface area contributed by atoms with Crippen molar-refractivity contribution in [3.05, 3.63) is 87.5 Å². The topological polar surface area (TPSA) is 102 Å². The number of aliphatic hydroxyl groups excluding tert-OH is 1. The van der Waals surface area contributed by atoms with Crippen LogP contribution >= 0.6 is 11.6 Å². The Labute approximate surface area is 194 Å². The highest BCUT2D eigenvalue weighted by atomic mass is 35.5. The summed E-state index contributed by atoms with van der Waals surface area (Å²) in [7, 11) is 0. The molecule has 0 aliphatic rings. The van der Waals surface area contributed by atoms with Crippen LogP contribution in [0.15, 0.2) is 64.0 Å². The number of para-hydroxylation sites is 1. The predicted octanol–water partition coefficient (Wildman–Crippen LogP) is 4.32. The van der Waals surface area contributed by atoms with E-state index in [-0.39, 0.29) is 6.61 Å². The van der Waals surface area contributed by atoms with Gasteiger partial charge in [-0.25, -0.2) is 9.78 Å². The molecular formula is C24H22ClN5O3. The van der Waals surface area contributed by atoms with Crippen LogP contribution in [0, 0.1) is 0 Å². The molecule has 8 nitrogen and oxygen atoms in total. The number of aromatic nitrogens is 5. The van der Waals surface area contributed by atoms with Gasteiger partial charge in [-0.1, -0.05) is 47.9 Å². The van der Waals surface area contributed by atoms with Crippen LogP contribution in [0.3, 0.4) is 0 Å². The molecule has 3 aromatic heterocycles. The normalized spacial score (nSPS) is 11.5. The number of aromatic amines is 1. The molecule has 0 saturated heterocycles. The second kappa shape index (κ2) is 8.73. The summed E-state index contributed by atoms with van der Waals surface area (Å²) in [6.45, 7) is 2.46. The number of hydrogen-bond donors (Lipinski definition) is 2. The third kappa shape index (κ3) is 3.77. The largest absolute Gasteiger partial charge is 0.439 e. The van der Waals surface area contributed by atoms with Gasteiger partial charge in [0, 0.05) is 30.1 Å². The lowest BCUT2D eigenvalue weighted by atomic mass is 10.1. The number of nitrogens with one attached hydrogen (secondary N) is 1. The number of nitrogens with zero attached hydrogens (tertiary/aromatic N) is 4. The Morgan fingerprint density at radius 2 is 2.00 bits per heavy atom. The number of benzene rings is 2. The van der Waals surface area contributed by atoms with Gasteiger partial charge in [0.1, 0.15) is 5.82 Å². The van der Waals surface area contributed by atoms with Crippen molar-refractivity contribution in [2.45, 2.75) is 32.9 Å². The van der Waals surface area contributed by atoms with Crippen LogP contribution in [0.5, 0.6) is 0 Å². The smallest absolute Gasteiger partial charge is 0.390 e. The monoisotopic (exact) mass is 463 g/mol. The molecule has 2 aromatic carbocycles. The Kier molecular flexibility index (Phi) is 5.62. The van der Waals surface area contributed by atoms with Crippen molar-refractivity contribution in [3.63, 3.8) is 0 Å². The molecule has 0 fully saturated rings. The molecule has 168 valence electrons. The molecule has 0 bridgehead atoms. The van der Waals surface area contributed by atoms with Crippen LogP contribution < -0.4 is 5.76 Å². The third-order valence-electron chi connectivity index (χ3n) is 5.74. The van der Waals surface area contributed by atoms with E-state index >= 15 is 0 Å². The molecule has 5 aromatic rings. The lowest BCUT2D eigenvalue weighted by molar-refractivity contribution is 0.271. The fourth-order valence-electron chi connectivity index (χ4n) is 4.24. The van der Waals surface area contributed by atoms with Crippen LogP contribution in [0.25, 0.3) is 28.0 Å². The first-order chi connectivity index (χ1) is 16.1. The van der Waals surface area contributed by atoms with Gasteiger partial charge in [0.15, 0.2) is 11.0 Å². The molecule has 0 aliphatic carbocycles. The van der Waals surface area contributed by atoms with Gasteiger partial charge in [-0.2, -0.15) is 0 Å². The molecule has 0 aliphatic heterocycles. The van der Waals surface area contributed by atoms with Crippen molar-refractivity contribution >= 4 is 22.5 Å². The standard InChI is InChI=1S/C24H22ClN5O3/c1-2-6-21-26-22(25)20(14-31)30(21)13-15-7-5-10-18-16(15)11-12-29(18)19-9-4-3-8-17(19)23-27-24(32)33-28-23/h3-5,7-12,31H,2,6,13-14H2,1H3,(H,27,28,32). The number of imidazole rings is 1. The molecule has 2 N–H and O–H groups in total. The van der Waals surface area contributed by atoms with Gasteiger partial charge in [0.2, 0.25) is 0 Å². The summed E-state index contributed by atoms with van der Waals surface area (Å²) in [5.74, 6) is 0.641. The van der Waals surface area contributed by atoms with E-state index in [0.717, 1.165) is 46.4 Å². The molecule has 0 atom stereocenters. The molecule has 0 amide bonds. The van der Waals surface area contributed by atoms with Gasteiger partial charge in [-0.3, -0.25) is 9.51 Å². The van der Waals surface area contributed by atoms with Crippen LogP contribution in [-0.4, -0.2) is 29.4 Å². The summed E-state index contributed by atoms with van der Waals surface area (Å²) in [6, 6.07) is 15.8. The fourth-order valence-corrected chi connectivity index (χ4v) is 4.50. The molecule has 0 unspecified atom stereocenters. The van der Waals surface area contributed by atoms with E-state index in [2.05, 4.69) is 38.7 Å². The van der Waals surface area contributed by atoms with E-state index < -0.39 is 5.76 Å². The van der Waals surface area contributed by atoms with Gasteiger partial charge in [0.25, 0.3) is 0 Å². The Morgan fingerprint density at radius 1 is 1.15 bits per heavy atom. The van der Waals surface area contributed by atoms with Crippen molar-refractivity contribution in [1.82, 2.24) is 24.3 Å². The minimum Gasteiger partial charge on any atom is -0.390 e. The summed E-state index contributed by atoms with van der Waals surface area (Å²) < 4.78 is 8.77. The Balaban J connectivity index is 1.61. The van der Waals surface area contributed by atoms with Gasteiger partial charge < -0.3 is 14.2 Å². The molecule has 0 spiro atoms. The maximum absolute atomic E-state index is 11.5. The van der Waals surface area contributed by atoms with Crippen LogP contribution in [0.2, 0.25) is 5.15 Å². The summed E-state index contributed by atoms with van der Waals surface area (Å²) in [4.78, 5) is 18.6. The fraction of sp³-hybridized carbons (Fsp3) is 0.208. The highest BCUT2D eigenvalue weighted by Crippen LogP contribution is 2.30. The predicted molar refractivity (Wildman–Crippen MR) is 126 cm³/mol. The molecule has 0 saturated carbocycles. The Bertz CT molecular complexity index is 1490. The molecule has 33 heavy (non-hydrogen) atoms. The highest BCUT2D eigenvalue weighted by molar-refractivity contribution is 6.30. The number of aliphatic hydroxyl groups is 1. The average molecular weight is 464 g/mol. The van der Waals surface area contributed by atoms with Crippen LogP contribution in [0.1, 0.15) is 30.4 Å². The zero-order valence-corrected chi connectivity index (χ0v) is 18.7.